The van der Waals surface area contributed by atoms with Crippen LogP contribution in [0.5, 0.6) is 0 Å². The molecule has 2 aliphatic carbocycles. The summed E-state index contributed by atoms with van der Waals surface area (Å²) in [5.41, 5.74) is 6.94. The van der Waals surface area contributed by atoms with Gasteiger partial charge in [-0.25, -0.2) is 0 Å². The summed E-state index contributed by atoms with van der Waals surface area (Å²) in [4.78, 5) is 25.1. The van der Waals surface area contributed by atoms with Crippen molar-refractivity contribution in [3.05, 3.63) is 28.3 Å². The molecule has 0 heterocycles. The third kappa shape index (κ3) is 8.62. The van der Waals surface area contributed by atoms with E-state index >= 15 is 0 Å². The van der Waals surface area contributed by atoms with Crippen molar-refractivity contribution >= 4 is 19.4 Å². The third-order valence-corrected chi connectivity index (χ3v) is 3.73. The molecule has 7 heteroatoms. The number of carboxylic acid groups (broad SMARTS) is 3. The van der Waals surface area contributed by atoms with Crippen molar-refractivity contribution in [2.45, 2.75) is 51.4 Å². The molecule has 0 fully saturated rings. The van der Waals surface area contributed by atoms with Crippen LogP contribution in [0, 0.1) is 0 Å². The summed E-state index contributed by atoms with van der Waals surface area (Å²) in [6, 6.07) is 2.52. The smallest absolute Gasteiger partial charge is 0.290 e. The second-order valence-electron chi connectivity index (χ2n) is 4.88. The summed E-state index contributed by atoms with van der Waals surface area (Å²) in [5.74, 6) is 0. The molecular weight excluding hydrogens is 336 g/mol. The Morgan fingerprint density at radius 2 is 0.913 bits per heavy atom. The fraction of sp³-hybridized carbons (Fsp3) is 0.500. The summed E-state index contributed by atoms with van der Waals surface area (Å²) >= 11 is 0. The van der Waals surface area contributed by atoms with Crippen LogP contribution in [0.4, 0.5) is 0 Å². The Morgan fingerprint density at radius 3 is 1.22 bits per heavy atom. The van der Waals surface area contributed by atoms with Crippen molar-refractivity contribution in [2.75, 3.05) is 0 Å². The first-order valence-corrected chi connectivity index (χ1v) is 7.22. The van der Waals surface area contributed by atoms with Gasteiger partial charge >= 0.3 is 0 Å². The second-order valence-corrected chi connectivity index (χ2v) is 4.88. The number of hydrogen-bond donors (Lipinski definition) is 3. The van der Waals surface area contributed by atoms with Crippen molar-refractivity contribution in [1.29, 1.82) is 0 Å². The van der Waals surface area contributed by atoms with Gasteiger partial charge in [-0.2, -0.15) is 28.3 Å². The Morgan fingerprint density at radius 1 is 0.652 bits per heavy atom. The van der Waals surface area contributed by atoms with E-state index in [1.807, 2.05) is 0 Å². The van der Waals surface area contributed by atoms with Crippen molar-refractivity contribution in [3.63, 3.8) is 0 Å². The molecule has 6 nitrogen and oxygen atoms in total. The van der Waals surface area contributed by atoms with E-state index in [1.165, 1.54) is 51.4 Å². The summed E-state index contributed by atoms with van der Waals surface area (Å²) in [7, 11) is 0. The Hall–Kier alpha value is -1.53. The van der Waals surface area contributed by atoms with E-state index in [-0.39, 0.29) is 41.1 Å². The summed E-state index contributed by atoms with van der Waals surface area (Å²) in [6.07, 6.45) is 11.2. The summed E-state index contributed by atoms with van der Waals surface area (Å²) in [5, 5.41) is 20.7. The first-order chi connectivity index (χ1) is 10.7. The molecule has 0 saturated carbocycles. The molecule has 0 amide bonds. The maximum absolute atomic E-state index is 8.36. The molecular formula is C16H23O6Ti-. The molecule has 1 aromatic carbocycles. The van der Waals surface area contributed by atoms with E-state index in [2.05, 4.69) is 6.07 Å². The number of rotatable bonds is 0. The van der Waals surface area contributed by atoms with E-state index < -0.39 is 0 Å². The van der Waals surface area contributed by atoms with Gasteiger partial charge in [-0.1, -0.05) is 51.4 Å². The summed E-state index contributed by atoms with van der Waals surface area (Å²) < 4.78 is 0. The quantitative estimate of drug-likeness (QED) is 0.372. The van der Waals surface area contributed by atoms with E-state index in [9.17, 15) is 0 Å². The molecule has 0 bridgehead atoms. The molecule has 3 rings (SSSR count). The summed E-state index contributed by atoms with van der Waals surface area (Å²) in [6.45, 7) is -0.750. The molecule has 0 unspecified atom stereocenters. The van der Waals surface area contributed by atoms with Gasteiger partial charge in [-0.3, -0.25) is 14.4 Å². The van der Waals surface area contributed by atoms with E-state index in [1.54, 1.807) is 22.3 Å². The molecule has 0 aliphatic heterocycles. The van der Waals surface area contributed by atoms with Crippen molar-refractivity contribution in [2.24, 2.45) is 0 Å². The van der Waals surface area contributed by atoms with Gasteiger partial charge < -0.3 is 15.3 Å². The van der Waals surface area contributed by atoms with Crippen LogP contribution in [0.25, 0.3) is 0 Å². The van der Waals surface area contributed by atoms with Crippen molar-refractivity contribution < 1.29 is 51.4 Å². The maximum atomic E-state index is 8.36. The third-order valence-electron chi connectivity index (χ3n) is 3.73. The zero-order valence-corrected chi connectivity index (χ0v) is 14.6. The Bertz CT molecular complexity index is 411. The second kappa shape index (κ2) is 15.4. The van der Waals surface area contributed by atoms with Crippen LogP contribution in [-0.4, -0.2) is 34.7 Å². The molecule has 128 valence electrons. The van der Waals surface area contributed by atoms with Crippen LogP contribution in [0.1, 0.15) is 47.9 Å². The van der Waals surface area contributed by atoms with E-state index in [4.69, 9.17) is 29.7 Å². The van der Waals surface area contributed by atoms with Crippen LogP contribution < -0.4 is 0 Å². The molecule has 0 radical (unpaired) electrons. The largest absolute Gasteiger partial charge is 0.483 e. The molecule has 0 saturated heterocycles. The normalized spacial score (nSPS) is 13.4. The predicted octanol–water partition coefficient (Wildman–Crippen LogP) is 2.26. The van der Waals surface area contributed by atoms with Crippen molar-refractivity contribution in [3.8, 4) is 0 Å². The van der Waals surface area contributed by atoms with Gasteiger partial charge in [0.1, 0.15) is 0 Å². The van der Waals surface area contributed by atoms with Gasteiger partial charge in [0.05, 0.1) is 0 Å². The van der Waals surface area contributed by atoms with Crippen LogP contribution >= 0.6 is 0 Å². The first-order valence-electron chi connectivity index (χ1n) is 7.22. The van der Waals surface area contributed by atoms with E-state index in [0.717, 1.165) is 0 Å². The minimum Gasteiger partial charge on any atom is -0.483 e. The Labute approximate surface area is 150 Å². The fourth-order valence-corrected chi connectivity index (χ4v) is 3.08. The topological polar surface area (TPSA) is 112 Å². The van der Waals surface area contributed by atoms with Crippen molar-refractivity contribution in [1.82, 2.24) is 0 Å². The van der Waals surface area contributed by atoms with Gasteiger partial charge in [0, 0.05) is 21.7 Å². The fourth-order valence-electron chi connectivity index (χ4n) is 3.08. The Kier molecular flexibility index (Phi) is 15.9. The first kappa shape index (κ1) is 23.7. The SMILES string of the molecule is O=CO.O=CO.O=CO.[Ti].[cH-]1c2c(c3c1CCCC3)CCCC2. The molecule has 23 heavy (non-hydrogen) atoms. The molecule has 0 aromatic heterocycles. The minimum atomic E-state index is -0.250. The number of aryl methyl sites for hydroxylation is 2. The van der Waals surface area contributed by atoms with Crippen LogP contribution in [0.15, 0.2) is 6.07 Å². The van der Waals surface area contributed by atoms with E-state index in [0.29, 0.717) is 0 Å². The van der Waals surface area contributed by atoms with Gasteiger partial charge in [0.15, 0.2) is 0 Å². The molecule has 3 N–H and O–H groups in total. The predicted molar refractivity (Wildman–Crippen MR) is 81.4 cm³/mol. The minimum absolute atomic E-state index is 0. The monoisotopic (exact) mass is 359 g/mol. The number of carbonyl (C=O) groups is 3. The standard InChI is InChI=1S/C13H17.3CH2O2.Ti/c1-3-7-12-10(5-1)9-11-6-2-4-8-13(11)12;3*2-1-3;/h9H,1-8H2;3*1H,(H,2,3);/q-1;;;;. The van der Waals surface area contributed by atoms with Gasteiger partial charge in [-0.05, 0) is 0 Å². The average Bonchev–Trinajstić information content (AvgIpc) is 2.88. The van der Waals surface area contributed by atoms with Gasteiger partial charge in [0.25, 0.3) is 19.4 Å². The molecule has 2 aliphatic rings. The Balaban J connectivity index is 0. The van der Waals surface area contributed by atoms with Crippen LogP contribution in [-0.2, 0) is 61.8 Å². The number of hydrogen-bond acceptors (Lipinski definition) is 3. The number of fused-ring (bicyclic) bond motifs is 3. The molecule has 0 atom stereocenters. The van der Waals surface area contributed by atoms with Crippen LogP contribution in [0.3, 0.4) is 0 Å². The zero-order valence-electron chi connectivity index (χ0n) is 13.0. The maximum Gasteiger partial charge on any atom is 0.290 e. The molecule has 0 spiro atoms. The van der Waals surface area contributed by atoms with Gasteiger partial charge in [0.2, 0.25) is 0 Å². The van der Waals surface area contributed by atoms with Crippen LogP contribution in [0.2, 0.25) is 0 Å². The molecule has 1 aromatic rings. The average molecular weight is 359 g/mol. The zero-order chi connectivity index (χ0) is 16.8. The van der Waals surface area contributed by atoms with Gasteiger partial charge in [-0.15, -0.1) is 0 Å².